The second-order valence-electron chi connectivity index (χ2n) is 4.39. The van der Waals surface area contributed by atoms with Crippen LogP contribution in [-0.4, -0.2) is 0 Å². The van der Waals surface area contributed by atoms with Crippen molar-refractivity contribution in [2.24, 2.45) is 0 Å². The van der Waals surface area contributed by atoms with Gasteiger partial charge in [0.25, 0.3) is 0 Å². The maximum Gasteiger partial charge on any atom is 0.00886 e. The summed E-state index contributed by atoms with van der Waals surface area (Å²) in [6.07, 6.45) is 14.8. The highest BCUT2D eigenvalue weighted by atomic mass is 13.9. The Morgan fingerprint density at radius 3 is 1.25 bits per heavy atom. The van der Waals surface area contributed by atoms with E-state index in [-0.39, 0.29) is 0 Å². The fourth-order valence-electron chi connectivity index (χ4n) is 1.66. The molecule has 0 atom stereocenters. The lowest BCUT2D eigenvalue weighted by Crippen LogP contribution is -1.78. The minimum Gasteiger partial charge on any atom is -0.103 e. The van der Waals surface area contributed by atoms with Crippen molar-refractivity contribution in [3.8, 4) is 11.8 Å². The Morgan fingerprint density at radius 1 is 0.500 bits per heavy atom. The Labute approximate surface area is 103 Å². The number of unbranched alkanes of at least 4 members (excludes halogenated alkanes) is 10. The average Bonchev–Trinajstić information content (AvgIpc) is 2.31. The van der Waals surface area contributed by atoms with Gasteiger partial charge < -0.3 is 0 Å². The van der Waals surface area contributed by atoms with Gasteiger partial charge in [0.2, 0.25) is 0 Å². The van der Waals surface area contributed by atoms with Gasteiger partial charge in [-0.25, -0.2) is 0 Å². The molecule has 0 aliphatic heterocycles. The molecule has 0 unspecified atom stereocenters. The van der Waals surface area contributed by atoms with Crippen molar-refractivity contribution >= 4 is 0 Å². The second-order valence-corrected chi connectivity index (χ2v) is 4.39. The molecule has 0 saturated carbocycles. The molecule has 0 fully saturated rings. The second kappa shape index (κ2) is 14.6. The van der Waals surface area contributed by atoms with Crippen LogP contribution in [0.1, 0.15) is 77.0 Å². The van der Waals surface area contributed by atoms with Crippen molar-refractivity contribution < 1.29 is 0 Å². The molecule has 92 valence electrons. The van der Waals surface area contributed by atoms with Gasteiger partial charge in [-0.1, -0.05) is 65.2 Å². The summed E-state index contributed by atoms with van der Waals surface area (Å²) in [5.74, 6) is 6.55. The van der Waals surface area contributed by atoms with Gasteiger partial charge in [0.15, 0.2) is 0 Å². The Balaban J connectivity index is 3.04. The number of rotatable bonds is 10. The Hall–Kier alpha value is -0.440. The van der Waals surface area contributed by atoms with Crippen LogP contribution in [0.5, 0.6) is 0 Å². The van der Waals surface area contributed by atoms with E-state index in [1.807, 2.05) is 0 Å². The zero-order valence-corrected chi connectivity index (χ0v) is 10.9. The summed E-state index contributed by atoms with van der Waals surface area (Å²) >= 11 is 0. The lowest BCUT2D eigenvalue weighted by molar-refractivity contribution is 0.651. The lowest BCUT2D eigenvalue weighted by atomic mass is 10.1. The van der Waals surface area contributed by atoms with Crippen LogP contribution in [0.15, 0.2) is 0 Å². The molecule has 16 heavy (non-hydrogen) atoms. The van der Waals surface area contributed by atoms with Crippen LogP contribution in [0.3, 0.4) is 0 Å². The first-order chi connectivity index (χ1) is 7.91. The maximum absolute atomic E-state index is 3.84. The van der Waals surface area contributed by atoms with Gasteiger partial charge >= 0.3 is 0 Å². The van der Waals surface area contributed by atoms with Crippen LogP contribution < -0.4 is 0 Å². The summed E-state index contributed by atoms with van der Waals surface area (Å²) in [7, 11) is 0. The Kier molecular flexibility index (Phi) is 14.2. The van der Waals surface area contributed by atoms with Crippen LogP contribution >= 0.6 is 0 Å². The van der Waals surface area contributed by atoms with Crippen LogP contribution in [0.2, 0.25) is 0 Å². The van der Waals surface area contributed by atoms with E-state index in [2.05, 4.69) is 25.7 Å². The Morgan fingerprint density at radius 2 is 0.875 bits per heavy atom. The molecular formula is C16H28. The highest BCUT2D eigenvalue weighted by Gasteiger charge is 1.87. The predicted octanol–water partition coefficient (Wildman–Crippen LogP) is 5.34. The molecule has 0 saturated heterocycles. The van der Waals surface area contributed by atoms with Crippen molar-refractivity contribution in [3.63, 3.8) is 0 Å². The van der Waals surface area contributed by atoms with E-state index in [4.69, 9.17) is 0 Å². The highest BCUT2D eigenvalue weighted by molar-refractivity contribution is 4.98. The molecule has 0 heteroatoms. The highest BCUT2D eigenvalue weighted by Crippen LogP contribution is 2.05. The summed E-state index contributed by atoms with van der Waals surface area (Å²) in [5, 5.41) is 0. The smallest absolute Gasteiger partial charge is 0.00886 e. The van der Waals surface area contributed by atoms with E-state index in [0.29, 0.717) is 0 Å². The van der Waals surface area contributed by atoms with Crippen LogP contribution in [0, 0.1) is 25.7 Å². The summed E-state index contributed by atoms with van der Waals surface area (Å²) in [6.45, 7) is 7.69. The largest absolute Gasteiger partial charge is 0.103 e. The minimum atomic E-state index is 1.08. The molecule has 0 amide bonds. The third-order valence-electron chi connectivity index (χ3n) is 2.73. The first-order valence-electron chi connectivity index (χ1n) is 6.96. The topological polar surface area (TPSA) is 0 Å². The summed E-state index contributed by atoms with van der Waals surface area (Å²) in [5.41, 5.74) is 0. The molecule has 0 nitrogen and oxygen atoms in total. The molecule has 0 bridgehead atoms. The van der Waals surface area contributed by atoms with Gasteiger partial charge in [0, 0.05) is 12.8 Å². The maximum atomic E-state index is 3.84. The molecule has 0 N–H and O–H groups in total. The number of hydrogen-bond donors (Lipinski definition) is 0. The van der Waals surface area contributed by atoms with Gasteiger partial charge in [-0.2, -0.15) is 0 Å². The number of hydrogen-bond acceptors (Lipinski definition) is 0. The van der Waals surface area contributed by atoms with Gasteiger partial charge in [-0.3, -0.25) is 0 Å². The normalized spacial score (nSPS) is 9.88. The van der Waals surface area contributed by atoms with Gasteiger partial charge in [-0.05, 0) is 12.8 Å². The van der Waals surface area contributed by atoms with Crippen LogP contribution in [0.4, 0.5) is 0 Å². The predicted molar refractivity (Wildman–Crippen MR) is 73.9 cm³/mol. The monoisotopic (exact) mass is 220 g/mol. The van der Waals surface area contributed by atoms with Crippen molar-refractivity contribution in [2.45, 2.75) is 77.0 Å². The molecule has 0 aromatic rings. The fraction of sp³-hybridized carbons (Fsp3) is 0.750. The molecule has 0 aromatic carbocycles. The van der Waals surface area contributed by atoms with Crippen LogP contribution in [0.25, 0.3) is 0 Å². The first kappa shape index (κ1) is 15.6. The summed E-state index contributed by atoms with van der Waals surface area (Å²) in [4.78, 5) is 0. The zero-order chi connectivity index (χ0) is 11.9. The van der Waals surface area contributed by atoms with Gasteiger partial charge in [0.05, 0.1) is 0 Å². The summed E-state index contributed by atoms with van der Waals surface area (Å²) in [6, 6.07) is 0. The van der Waals surface area contributed by atoms with E-state index in [1.54, 1.807) is 0 Å². The van der Waals surface area contributed by atoms with Gasteiger partial charge in [0.1, 0.15) is 0 Å². The van der Waals surface area contributed by atoms with Crippen molar-refractivity contribution in [3.05, 3.63) is 13.8 Å². The third kappa shape index (κ3) is 13.6. The molecule has 0 heterocycles. The minimum absolute atomic E-state index is 1.08. The van der Waals surface area contributed by atoms with E-state index >= 15 is 0 Å². The molecule has 0 aliphatic rings. The van der Waals surface area contributed by atoms with Crippen molar-refractivity contribution in [1.29, 1.82) is 0 Å². The molecule has 2 radical (unpaired) electrons. The molecule has 0 rings (SSSR count). The van der Waals surface area contributed by atoms with Gasteiger partial charge in [-0.15, -0.1) is 11.8 Å². The average molecular weight is 220 g/mol. The van der Waals surface area contributed by atoms with Crippen LogP contribution in [-0.2, 0) is 0 Å². The molecular weight excluding hydrogens is 192 g/mol. The van der Waals surface area contributed by atoms with E-state index in [0.717, 1.165) is 25.7 Å². The molecule has 0 spiro atoms. The van der Waals surface area contributed by atoms with Crippen molar-refractivity contribution in [1.82, 2.24) is 0 Å². The molecule has 0 aliphatic carbocycles. The summed E-state index contributed by atoms with van der Waals surface area (Å²) < 4.78 is 0. The van der Waals surface area contributed by atoms with Crippen molar-refractivity contribution in [2.75, 3.05) is 0 Å². The zero-order valence-electron chi connectivity index (χ0n) is 10.9. The third-order valence-corrected chi connectivity index (χ3v) is 2.73. The quantitative estimate of drug-likeness (QED) is 0.344. The Bertz CT molecular complexity index is 152. The van der Waals surface area contributed by atoms with E-state index in [9.17, 15) is 0 Å². The van der Waals surface area contributed by atoms with E-state index in [1.165, 1.54) is 51.4 Å². The SMILES string of the molecule is [CH2]CCCCCCC#CCCCCCC[CH2]. The fourth-order valence-corrected chi connectivity index (χ4v) is 1.66. The lowest BCUT2D eigenvalue weighted by Gasteiger charge is -1.95. The standard InChI is InChI=1S/C16H28/c1-3-5-7-9-11-13-15-16-14-12-10-8-6-4-2/h1-14H2. The van der Waals surface area contributed by atoms with E-state index < -0.39 is 0 Å². The first-order valence-corrected chi connectivity index (χ1v) is 6.96. The molecule has 0 aromatic heterocycles.